The van der Waals surface area contributed by atoms with Crippen LogP contribution in [0.1, 0.15) is 50.5 Å². The van der Waals surface area contributed by atoms with Gasteiger partial charge >= 0.3 is 0 Å². The predicted molar refractivity (Wildman–Crippen MR) is 119 cm³/mol. The van der Waals surface area contributed by atoms with Gasteiger partial charge in [-0.05, 0) is 37.1 Å². The van der Waals surface area contributed by atoms with Gasteiger partial charge in [0.05, 0.1) is 20.8 Å². The Hall–Kier alpha value is -2.93. The zero-order valence-corrected chi connectivity index (χ0v) is 17.3. The quantitative estimate of drug-likeness (QED) is 0.149. The van der Waals surface area contributed by atoms with Crippen molar-refractivity contribution in [3.63, 3.8) is 0 Å². The average molecular weight is 409 g/mol. The molecule has 0 radical (unpaired) electrons. The van der Waals surface area contributed by atoms with Gasteiger partial charge in [0.25, 0.3) is 5.69 Å². The van der Waals surface area contributed by atoms with Crippen LogP contribution in [0.4, 0.5) is 11.4 Å². The molecule has 0 saturated carbocycles. The normalized spacial score (nSPS) is 12.1. The van der Waals surface area contributed by atoms with Gasteiger partial charge in [0.15, 0.2) is 5.69 Å². The van der Waals surface area contributed by atoms with Gasteiger partial charge in [-0.25, -0.2) is 4.98 Å². The van der Waals surface area contributed by atoms with E-state index >= 15 is 0 Å². The highest BCUT2D eigenvalue weighted by Crippen LogP contribution is 2.29. The highest BCUT2D eigenvalue weighted by Gasteiger charge is 2.12. The zero-order valence-electron chi connectivity index (χ0n) is 16.5. The third-order valence-corrected chi connectivity index (χ3v) is 5.49. The maximum atomic E-state index is 11.2. The molecule has 0 unspecified atom stereocenters. The van der Waals surface area contributed by atoms with E-state index in [-0.39, 0.29) is 11.4 Å². The minimum Gasteiger partial charge on any atom is -0.258 e. The Bertz CT molecular complexity index is 993. The third kappa shape index (κ3) is 6.02. The van der Waals surface area contributed by atoms with E-state index < -0.39 is 4.92 Å². The number of para-hydroxylation sites is 2. The van der Waals surface area contributed by atoms with E-state index in [9.17, 15) is 10.1 Å². The molecule has 150 valence electrons. The summed E-state index contributed by atoms with van der Waals surface area (Å²) in [5.41, 5.74) is 1.97. The number of rotatable bonds is 10. The topological polar surface area (TPSA) is 80.8 Å². The number of nitro benzene ring substituents is 1. The van der Waals surface area contributed by atoms with Gasteiger partial charge in [-0.15, -0.1) is 16.5 Å². The maximum absolute atomic E-state index is 11.2. The minimum atomic E-state index is -0.434. The van der Waals surface area contributed by atoms with Crippen LogP contribution in [0, 0.1) is 10.1 Å². The molecule has 2 aromatic carbocycles. The number of aromatic nitrogens is 1. The summed E-state index contributed by atoms with van der Waals surface area (Å²) in [5, 5.41) is 20.6. The van der Waals surface area contributed by atoms with Gasteiger partial charge in [-0.3, -0.25) is 10.1 Å². The van der Waals surface area contributed by atoms with E-state index in [1.165, 1.54) is 25.3 Å². The standard InChI is InChI=1S/C22H24N4O2S/c1-2-3-4-5-6-11-17(16-22-23-19-13-8-10-15-21(19)29-22)24-25-18-12-7-9-14-20(18)26(27)28/h7-10,12-16H,2-6,11H2,1H3/b17-16-,25-24?. The molecule has 3 aromatic rings. The van der Waals surface area contributed by atoms with E-state index in [1.807, 2.05) is 30.3 Å². The molecule has 0 atom stereocenters. The van der Waals surface area contributed by atoms with Crippen molar-refractivity contribution in [3.8, 4) is 0 Å². The second kappa shape index (κ2) is 10.6. The van der Waals surface area contributed by atoms with Crippen molar-refractivity contribution < 1.29 is 4.92 Å². The van der Waals surface area contributed by atoms with Crippen molar-refractivity contribution >= 4 is 39.0 Å². The molecule has 3 rings (SSSR count). The van der Waals surface area contributed by atoms with Gasteiger partial charge in [0.2, 0.25) is 0 Å². The summed E-state index contributed by atoms with van der Waals surface area (Å²) >= 11 is 1.61. The molecule has 0 aliphatic heterocycles. The first-order valence-electron chi connectivity index (χ1n) is 9.88. The van der Waals surface area contributed by atoms with Crippen LogP contribution in [0.3, 0.4) is 0 Å². The highest BCUT2D eigenvalue weighted by atomic mass is 32.1. The summed E-state index contributed by atoms with van der Waals surface area (Å²) < 4.78 is 1.12. The second-order valence-corrected chi connectivity index (χ2v) is 7.83. The monoisotopic (exact) mass is 408 g/mol. The summed E-state index contributed by atoms with van der Waals surface area (Å²) in [7, 11) is 0. The Morgan fingerprint density at radius 3 is 2.66 bits per heavy atom. The van der Waals surface area contributed by atoms with Gasteiger partial charge in [-0.2, -0.15) is 5.11 Å². The van der Waals surface area contributed by atoms with Gasteiger partial charge in [0.1, 0.15) is 5.01 Å². The van der Waals surface area contributed by atoms with Crippen LogP contribution in [0.15, 0.2) is 64.5 Å². The van der Waals surface area contributed by atoms with Crippen LogP contribution in [-0.2, 0) is 0 Å². The largest absolute Gasteiger partial charge is 0.296 e. The van der Waals surface area contributed by atoms with E-state index in [0.29, 0.717) is 0 Å². The molecule has 7 heteroatoms. The summed E-state index contributed by atoms with van der Waals surface area (Å²) in [5.74, 6) is 0. The molecule has 0 aliphatic rings. The zero-order chi connectivity index (χ0) is 20.5. The molecule has 0 spiro atoms. The lowest BCUT2D eigenvalue weighted by atomic mass is 10.1. The van der Waals surface area contributed by atoms with E-state index in [2.05, 4.69) is 22.1 Å². The first kappa shape index (κ1) is 20.8. The van der Waals surface area contributed by atoms with Crippen LogP contribution in [0.2, 0.25) is 0 Å². The molecule has 0 fully saturated rings. The van der Waals surface area contributed by atoms with Crippen LogP contribution >= 0.6 is 11.3 Å². The molecule has 0 saturated heterocycles. The van der Waals surface area contributed by atoms with Gasteiger partial charge in [0, 0.05) is 6.07 Å². The Kier molecular flexibility index (Phi) is 7.58. The average Bonchev–Trinajstić information content (AvgIpc) is 3.14. The van der Waals surface area contributed by atoms with Crippen molar-refractivity contribution in [1.29, 1.82) is 0 Å². The Labute approximate surface area is 174 Å². The maximum Gasteiger partial charge on any atom is 0.296 e. The summed E-state index contributed by atoms with van der Waals surface area (Å²) in [6.07, 6.45) is 8.48. The Balaban J connectivity index is 1.83. The SMILES string of the molecule is CCCCCCC/C(=C/c1nc2ccccc2s1)N=Nc1ccccc1[N+](=O)[O-]. The fraction of sp³-hybridized carbons (Fsp3) is 0.318. The molecule has 1 heterocycles. The first-order valence-corrected chi connectivity index (χ1v) is 10.7. The van der Waals surface area contributed by atoms with Gasteiger partial charge < -0.3 is 0 Å². The number of benzene rings is 2. The molecule has 0 aliphatic carbocycles. The van der Waals surface area contributed by atoms with Crippen LogP contribution in [-0.4, -0.2) is 9.91 Å². The number of nitro groups is 1. The fourth-order valence-corrected chi connectivity index (χ4v) is 3.91. The lowest BCUT2D eigenvalue weighted by molar-refractivity contribution is -0.384. The molecule has 29 heavy (non-hydrogen) atoms. The number of allylic oxidation sites excluding steroid dienone is 1. The molecule has 0 amide bonds. The number of fused-ring (bicyclic) bond motifs is 1. The highest BCUT2D eigenvalue weighted by molar-refractivity contribution is 7.19. The Morgan fingerprint density at radius 1 is 1.10 bits per heavy atom. The molecule has 0 bridgehead atoms. The molecule has 0 N–H and O–H groups in total. The lowest BCUT2D eigenvalue weighted by Crippen LogP contribution is -1.87. The summed E-state index contributed by atoms with van der Waals surface area (Å²) in [4.78, 5) is 15.4. The number of thiazole rings is 1. The summed E-state index contributed by atoms with van der Waals surface area (Å²) in [6, 6.07) is 14.4. The number of hydrogen-bond donors (Lipinski definition) is 0. The van der Waals surface area contributed by atoms with Crippen LogP contribution < -0.4 is 0 Å². The molecule has 6 nitrogen and oxygen atoms in total. The lowest BCUT2D eigenvalue weighted by Gasteiger charge is -2.02. The predicted octanol–water partition coefficient (Wildman–Crippen LogP) is 7.69. The fourth-order valence-electron chi connectivity index (χ4n) is 2.98. The van der Waals surface area contributed by atoms with Gasteiger partial charge in [-0.1, -0.05) is 56.9 Å². The van der Waals surface area contributed by atoms with E-state index in [1.54, 1.807) is 29.5 Å². The first-order chi connectivity index (χ1) is 14.2. The molecular formula is C22H24N4O2S. The number of hydrogen-bond acceptors (Lipinski definition) is 6. The molecular weight excluding hydrogens is 384 g/mol. The van der Waals surface area contributed by atoms with Crippen molar-refractivity contribution in [2.24, 2.45) is 10.2 Å². The number of azo groups is 1. The third-order valence-electron chi connectivity index (χ3n) is 4.50. The Morgan fingerprint density at radius 2 is 1.86 bits per heavy atom. The minimum absolute atomic E-state index is 0.0430. The number of unbranched alkanes of at least 4 members (excludes halogenated alkanes) is 4. The smallest absolute Gasteiger partial charge is 0.258 e. The number of nitrogens with zero attached hydrogens (tertiary/aromatic N) is 4. The molecule has 1 aromatic heterocycles. The van der Waals surface area contributed by atoms with E-state index in [4.69, 9.17) is 0 Å². The van der Waals surface area contributed by atoms with Crippen LogP contribution in [0.25, 0.3) is 16.3 Å². The van der Waals surface area contributed by atoms with Crippen molar-refractivity contribution in [1.82, 2.24) is 4.98 Å². The van der Waals surface area contributed by atoms with Crippen LogP contribution in [0.5, 0.6) is 0 Å². The van der Waals surface area contributed by atoms with Crippen molar-refractivity contribution in [2.45, 2.75) is 45.4 Å². The second-order valence-electron chi connectivity index (χ2n) is 6.77. The summed E-state index contributed by atoms with van der Waals surface area (Å²) in [6.45, 7) is 2.19. The van der Waals surface area contributed by atoms with E-state index in [0.717, 1.165) is 40.2 Å². The van der Waals surface area contributed by atoms with Crippen molar-refractivity contribution in [3.05, 3.63) is 69.3 Å². The van der Waals surface area contributed by atoms with Crippen molar-refractivity contribution in [2.75, 3.05) is 0 Å².